The van der Waals surface area contributed by atoms with E-state index in [-0.39, 0.29) is 9.96 Å². The number of hydrogen-bond acceptors (Lipinski definition) is 8. The summed E-state index contributed by atoms with van der Waals surface area (Å²) >= 11 is 0.983. The zero-order chi connectivity index (χ0) is 24.1. The fourth-order valence-corrected chi connectivity index (χ4v) is 5.51. The summed E-state index contributed by atoms with van der Waals surface area (Å²) in [6, 6.07) is 6.41. The number of carbonyl (C=O) groups is 1. The number of ether oxygens (including phenoxy) is 3. The molecule has 1 aromatic carbocycles. The number of sulfonamides is 1. The van der Waals surface area contributed by atoms with Crippen LogP contribution in [0.2, 0.25) is 0 Å². The lowest BCUT2D eigenvalue weighted by atomic mass is 10.1. The van der Waals surface area contributed by atoms with E-state index in [0.29, 0.717) is 11.4 Å². The minimum Gasteiger partial charge on any atom is -0.495 e. The van der Waals surface area contributed by atoms with Gasteiger partial charge in [0, 0.05) is 12.6 Å². The topological polar surface area (TPSA) is 103 Å². The summed E-state index contributed by atoms with van der Waals surface area (Å²) in [7, 11) is -1.29. The summed E-state index contributed by atoms with van der Waals surface area (Å²) in [5, 5.41) is 4.81. The molecular weight excluding hydrogens is 464 g/mol. The zero-order valence-corrected chi connectivity index (χ0v) is 21.1. The van der Waals surface area contributed by atoms with Gasteiger partial charge in [-0.15, -0.1) is 11.3 Å². The molecule has 2 rings (SSSR count). The number of benzene rings is 1. The van der Waals surface area contributed by atoms with E-state index in [0.717, 1.165) is 37.1 Å². The highest BCUT2D eigenvalue weighted by Gasteiger charge is 2.23. The Labute approximate surface area is 200 Å². The van der Waals surface area contributed by atoms with Gasteiger partial charge in [-0.3, -0.25) is 4.72 Å². The van der Waals surface area contributed by atoms with Gasteiger partial charge in [-0.2, -0.15) is 0 Å². The SMILES string of the molecule is CCCCCCCCCCNc1ccc(NS(=O)(=O)c2ccsc2OC(=O)OC)cc1OC. The van der Waals surface area contributed by atoms with Crippen LogP contribution in [-0.2, 0) is 14.8 Å². The molecule has 2 aromatic rings. The molecule has 0 fully saturated rings. The van der Waals surface area contributed by atoms with Gasteiger partial charge in [0.05, 0.1) is 25.6 Å². The second kappa shape index (κ2) is 13.9. The monoisotopic (exact) mass is 498 g/mol. The van der Waals surface area contributed by atoms with E-state index in [1.54, 1.807) is 18.2 Å². The third-order valence-electron chi connectivity index (χ3n) is 5.03. The van der Waals surface area contributed by atoms with Crippen molar-refractivity contribution in [3.8, 4) is 10.8 Å². The van der Waals surface area contributed by atoms with Crippen LogP contribution in [0.1, 0.15) is 58.3 Å². The van der Waals surface area contributed by atoms with Crippen LogP contribution >= 0.6 is 11.3 Å². The van der Waals surface area contributed by atoms with E-state index in [1.807, 2.05) is 0 Å². The van der Waals surface area contributed by atoms with Crippen LogP contribution in [0, 0.1) is 0 Å². The Morgan fingerprint density at radius 3 is 2.36 bits per heavy atom. The molecule has 1 heterocycles. The van der Waals surface area contributed by atoms with E-state index >= 15 is 0 Å². The number of hydrogen-bond donors (Lipinski definition) is 2. The first-order valence-corrected chi connectivity index (χ1v) is 13.6. The van der Waals surface area contributed by atoms with Crippen LogP contribution in [0.3, 0.4) is 0 Å². The molecule has 10 heteroatoms. The quantitative estimate of drug-likeness (QED) is 0.221. The van der Waals surface area contributed by atoms with Crippen LogP contribution in [0.15, 0.2) is 34.5 Å². The van der Waals surface area contributed by atoms with E-state index in [1.165, 1.54) is 63.5 Å². The Balaban J connectivity index is 1.91. The van der Waals surface area contributed by atoms with Crippen molar-refractivity contribution in [1.82, 2.24) is 0 Å². The highest BCUT2D eigenvalue weighted by molar-refractivity contribution is 7.93. The van der Waals surface area contributed by atoms with Gasteiger partial charge in [-0.05, 0) is 30.0 Å². The molecule has 2 N–H and O–H groups in total. The first-order chi connectivity index (χ1) is 15.9. The molecule has 0 amide bonds. The first-order valence-electron chi connectivity index (χ1n) is 11.2. The molecule has 0 radical (unpaired) electrons. The molecule has 184 valence electrons. The number of methoxy groups -OCH3 is 2. The Morgan fingerprint density at radius 1 is 1.00 bits per heavy atom. The fourth-order valence-electron chi connectivity index (χ4n) is 3.27. The molecular formula is C23H34N2O6S2. The van der Waals surface area contributed by atoms with Crippen LogP contribution in [0.5, 0.6) is 10.8 Å². The van der Waals surface area contributed by atoms with Gasteiger partial charge in [0.1, 0.15) is 10.6 Å². The predicted octanol–water partition coefficient (Wildman–Crippen LogP) is 6.26. The molecule has 0 spiro atoms. The van der Waals surface area contributed by atoms with Crippen molar-refractivity contribution in [2.75, 3.05) is 30.8 Å². The lowest BCUT2D eigenvalue weighted by molar-refractivity contribution is 0.122. The van der Waals surface area contributed by atoms with E-state index in [4.69, 9.17) is 9.47 Å². The summed E-state index contributed by atoms with van der Waals surface area (Å²) in [5.41, 5.74) is 1.13. The molecule has 0 unspecified atom stereocenters. The molecule has 0 atom stereocenters. The lowest BCUT2D eigenvalue weighted by Gasteiger charge is -2.14. The highest BCUT2D eigenvalue weighted by Crippen LogP contribution is 2.34. The van der Waals surface area contributed by atoms with Gasteiger partial charge < -0.3 is 19.5 Å². The van der Waals surface area contributed by atoms with Crippen molar-refractivity contribution in [1.29, 1.82) is 0 Å². The highest BCUT2D eigenvalue weighted by atomic mass is 32.2. The molecule has 0 aliphatic carbocycles. The van der Waals surface area contributed by atoms with Crippen molar-refractivity contribution < 1.29 is 27.4 Å². The first kappa shape index (κ1) is 26.8. The van der Waals surface area contributed by atoms with Gasteiger partial charge in [0.2, 0.25) is 5.06 Å². The van der Waals surface area contributed by atoms with E-state index < -0.39 is 16.2 Å². The van der Waals surface area contributed by atoms with Gasteiger partial charge in [0.25, 0.3) is 10.0 Å². The maximum atomic E-state index is 12.8. The summed E-state index contributed by atoms with van der Waals surface area (Å²) in [6.07, 6.45) is 9.02. The van der Waals surface area contributed by atoms with E-state index in [2.05, 4.69) is 21.7 Å². The number of anilines is 2. The van der Waals surface area contributed by atoms with Gasteiger partial charge in [-0.25, -0.2) is 13.2 Å². The predicted molar refractivity (Wildman–Crippen MR) is 132 cm³/mol. The number of thiophene rings is 1. The average Bonchev–Trinajstić information content (AvgIpc) is 3.27. The molecule has 1 aromatic heterocycles. The number of nitrogens with one attached hydrogen (secondary N) is 2. The second-order valence-electron chi connectivity index (χ2n) is 7.55. The van der Waals surface area contributed by atoms with Crippen LogP contribution < -0.4 is 19.5 Å². The Bertz CT molecular complexity index is 975. The third-order valence-corrected chi connectivity index (χ3v) is 7.35. The normalized spacial score (nSPS) is 11.1. The van der Waals surface area contributed by atoms with E-state index in [9.17, 15) is 13.2 Å². The van der Waals surface area contributed by atoms with Crippen LogP contribution in [0.25, 0.3) is 0 Å². The molecule has 0 saturated carbocycles. The lowest BCUT2D eigenvalue weighted by Crippen LogP contribution is -2.15. The number of unbranched alkanes of at least 4 members (excludes halogenated alkanes) is 7. The van der Waals surface area contributed by atoms with Crippen LogP contribution in [-0.4, -0.2) is 35.3 Å². The fraction of sp³-hybridized carbons (Fsp3) is 0.522. The third kappa shape index (κ3) is 8.77. The van der Waals surface area contributed by atoms with Crippen LogP contribution in [0.4, 0.5) is 16.2 Å². The Morgan fingerprint density at radius 2 is 1.70 bits per heavy atom. The van der Waals surface area contributed by atoms with Crippen molar-refractivity contribution >= 4 is 38.9 Å². The summed E-state index contributed by atoms with van der Waals surface area (Å²) in [5.74, 6) is 0.533. The molecule has 0 bridgehead atoms. The van der Waals surface area contributed by atoms with Crippen molar-refractivity contribution in [3.63, 3.8) is 0 Å². The Hall–Kier alpha value is -2.46. The van der Waals surface area contributed by atoms with Gasteiger partial charge in [-0.1, -0.05) is 51.9 Å². The summed E-state index contributed by atoms with van der Waals surface area (Å²) in [6.45, 7) is 3.04. The second-order valence-corrected chi connectivity index (χ2v) is 10.1. The number of carbonyl (C=O) groups excluding carboxylic acids is 1. The molecule has 8 nitrogen and oxygen atoms in total. The van der Waals surface area contributed by atoms with Gasteiger partial charge in [0.15, 0.2) is 0 Å². The minimum absolute atomic E-state index is 0.0648. The smallest absolute Gasteiger partial charge is 0.495 e. The van der Waals surface area contributed by atoms with Crippen molar-refractivity contribution in [3.05, 3.63) is 29.6 Å². The van der Waals surface area contributed by atoms with Crippen molar-refractivity contribution in [2.45, 2.75) is 63.2 Å². The molecule has 0 aliphatic heterocycles. The zero-order valence-electron chi connectivity index (χ0n) is 19.5. The average molecular weight is 499 g/mol. The number of rotatable bonds is 15. The Kier molecular flexibility index (Phi) is 11.3. The minimum atomic E-state index is -3.98. The maximum absolute atomic E-state index is 12.8. The maximum Gasteiger partial charge on any atom is 0.514 e. The molecule has 0 aliphatic rings. The molecule has 33 heavy (non-hydrogen) atoms. The molecule has 0 saturated heterocycles. The standard InChI is InChI=1S/C23H34N2O6S2/c1-4-5-6-7-8-9-10-11-15-24-19-13-12-18(17-20(19)29-2)25-33(27,28)21-14-16-32-22(21)31-23(26)30-3/h12-14,16-17,24-25H,4-11,15H2,1-3H3. The summed E-state index contributed by atoms with van der Waals surface area (Å²) < 4.78 is 42.9. The van der Waals surface area contributed by atoms with Gasteiger partial charge >= 0.3 is 6.16 Å². The largest absolute Gasteiger partial charge is 0.514 e. The summed E-state index contributed by atoms with van der Waals surface area (Å²) in [4.78, 5) is 11.2. The van der Waals surface area contributed by atoms with Crippen molar-refractivity contribution in [2.24, 2.45) is 0 Å².